The second-order valence-electron chi connectivity index (χ2n) is 4.14. The molecule has 94 valence electrons. The fourth-order valence-electron chi connectivity index (χ4n) is 1.76. The second-order valence-corrected chi connectivity index (χ2v) is 6.28. The van der Waals surface area contributed by atoms with E-state index in [4.69, 9.17) is 4.74 Å². The van der Waals surface area contributed by atoms with Crippen LogP contribution in [-0.2, 0) is 19.4 Å². The summed E-state index contributed by atoms with van der Waals surface area (Å²) in [6.07, 6.45) is 3.11. The molecule has 6 heteroatoms. The lowest BCUT2D eigenvalue weighted by Crippen LogP contribution is -2.40. The first-order valence-corrected chi connectivity index (χ1v) is 7.55. The Bertz CT molecular complexity index is 333. The number of ether oxygens (including phenoxy) is 1. The first-order chi connectivity index (χ1) is 7.42. The monoisotopic (exact) mass is 249 g/mol. The number of likely N-dealkylation sites (N-methyl/N-ethyl adjacent to an activating group) is 1. The van der Waals surface area contributed by atoms with Crippen molar-refractivity contribution in [2.45, 2.75) is 25.9 Å². The van der Waals surface area contributed by atoms with Gasteiger partial charge in [0.2, 0.25) is 5.91 Å². The van der Waals surface area contributed by atoms with Gasteiger partial charge in [-0.2, -0.15) is 0 Å². The highest BCUT2D eigenvalue weighted by Crippen LogP contribution is 2.13. The predicted octanol–water partition coefficient (Wildman–Crippen LogP) is 0.0585. The number of hydrogen-bond donors (Lipinski definition) is 0. The Labute approximate surface area is 96.7 Å². The van der Waals surface area contributed by atoms with Crippen molar-refractivity contribution in [3.05, 3.63) is 0 Å². The molecule has 0 unspecified atom stereocenters. The van der Waals surface area contributed by atoms with E-state index in [9.17, 15) is 13.2 Å². The van der Waals surface area contributed by atoms with Crippen molar-refractivity contribution < 1.29 is 17.9 Å². The van der Waals surface area contributed by atoms with Gasteiger partial charge in [-0.15, -0.1) is 0 Å². The minimum absolute atomic E-state index is 0.0726. The third-order valence-electron chi connectivity index (χ3n) is 2.57. The van der Waals surface area contributed by atoms with Gasteiger partial charge in [-0.05, 0) is 19.8 Å². The van der Waals surface area contributed by atoms with E-state index in [1.807, 2.05) is 6.92 Å². The smallest absolute Gasteiger partial charge is 0.237 e. The predicted molar refractivity (Wildman–Crippen MR) is 60.9 cm³/mol. The topological polar surface area (TPSA) is 63.7 Å². The molecule has 0 saturated carbocycles. The molecule has 0 aromatic heterocycles. The molecule has 1 aliphatic heterocycles. The summed E-state index contributed by atoms with van der Waals surface area (Å²) in [6.45, 7) is 3.61. The first-order valence-electron chi connectivity index (χ1n) is 5.49. The molecule has 16 heavy (non-hydrogen) atoms. The summed E-state index contributed by atoms with van der Waals surface area (Å²) in [5.41, 5.74) is 0. The van der Waals surface area contributed by atoms with Gasteiger partial charge in [0, 0.05) is 26.0 Å². The van der Waals surface area contributed by atoms with Crippen molar-refractivity contribution >= 4 is 15.7 Å². The van der Waals surface area contributed by atoms with Crippen LogP contribution in [-0.4, -0.2) is 57.0 Å². The molecule has 1 saturated heterocycles. The summed E-state index contributed by atoms with van der Waals surface area (Å²) in [5, 5.41) is 0. The lowest BCUT2D eigenvalue weighted by atomic mass is 10.2. The summed E-state index contributed by atoms with van der Waals surface area (Å²) < 4.78 is 27.5. The van der Waals surface area contributed by atoms with Gasteiger partial charge in [0.05, 0.1) is 6.10 Å². The number of carbonyl (C=O) groups excluding carboxylic acids is 1. The number of amides is 1. The third-order valence-corrected chi connectivity index (χ3v) is 3.34. The van der Waals surface area contributed by atoms with Crippen LogP contribution in [0.25, 0.3) is 0 Å². The summed E-state index contributed by atoms with van der Waals surface area (Å²) in [6, 6.07) is 0. The van der Waals surface area contributed by atoms with E-state index in [0.717, 1.165) is 25.7 Å². The van der Waals surface area contributed by atoms with Crippen LogP contribution in [0, 0.1) is 0 Å². The molecule has 0 N–H and O–H groups in total. The van der Waals surface area contributed by atoms with E-state index in [1.165, 1.54) is 0 Å². The Morgan fingerprint density at radius 3 is 2.62 bits per heavy atom. The van der Waals surface area contributed by atoms with Crippen molar-refractivity contribution in [3.8, 4) is 0 Å². The van der Waals surface area contributed by atoms with Crippen LogP contribution in [0.5, 0.6) is 0 Å². The zero-order valence-electron chi connectivity index (χ0n) is 9.81. The molecular formula is C10H19NO4S. The molecule has 0 spiro atoms. The number of nitrogens with zero attached hydrogens (tertiary/aromatic N) is 1. The lowest BCUT2D eigenvalue weighted by molar-refractivity contribution is -0.129. The Morgan fingerprint density at radius 1 is 1.50 bits per heavy atom. The first kappa shape index (κ1) is 13.4. The summed E-state index contributed by atoms with van der Waals surface area (Å²) in [7, 11) is -3.24. The molecule has 1 atom stereocenters. The van der Waals surface area contributed by atoms with Crippen molar-refractivity contribution in [2.24, 2.45) is 0 Å². The van der Waals surface area contributed by atoms with Crippen LogP contribution in [0.3, 0.4) is 0 Å². The van der Waals surface area contributed by atoms with Crippen LogP contribution < -0.4 is 0 Å². The number of hydrogen-bond acceptors (Lipinski definition) is 4. The van der Waals surface area contributed by atoms with E-state index in [2.05, 4.69) is 0 Å². The van der Waals surface area contributed by atoms with Crippen LogP contribution in [0.15, 0.2) is 0 Å². The minimum atomic E-state index is -3.24. The molecule has 0 aliphatic carbocycles. The van der Waals surface area contributed by atoms with Gasteiger partial charge in [-0.25, -0.2) is 8.42 Å². The number of carbonyl (C=O) groups is 1. The van der Waals surface area contributed by atoms with Crippen LogP contribution in [0.1, 0.15) is 19.8 Å². The van der Waals surface area contributed by atoms with Gasteiger partial charge in [0.1, 0.15) is 5.75 Å². The largest absolute Gasteiger partial charge is 0.376 e. The SMILES string of the molecule is CCN(C[C@@H]1CCCO1)C(=O)CS(C)(=O)=O. The zero-order valence-corrected chi connectivity index (χ0v) is 10.6. The van der Waals surface area contributed by atoms with Crippen molar-refractivity contribution in [1.29, 1.82) is 0 Å². The number of sulfone groups is 1. The maximum atomic E-state index is 11.7. The second kappa shape index (κ2) is 5.63. The van der Waals surface area contributed by atoms with Crippen molar-refractivity contribution in [3.63, 3.8) is 0 Å². The summed E-state index contributed by atoms with van der Waals surface area (Å²) in [4.78, 5) is 13.2. The minimum Gasteiger partial charge on any atom is -0.376 e. The Hall–Kier alpha value is -0.620. The third kappa shape index (κ3) is 4.49. The van der Waals surface area contributed by atoms with Crippen molar-refractivity contribution in [2.75, 3.05) is 31.7 Å². The van der Waals surface area contributed by atoms with E-state index < -0.39 is 15.6 Å². The molecule has 1 amide bonds. The average Bonchev–Trinajstić information content (AvgIpc) is 2.63. The molecular weight excluding hydrogens is 230 g/mol. The molecule has 1 fully saturated rings. The molecule has 1 rings (SSSR count). The highest BCUT2D eigenvalue weighted by Gasteiger charge is 2.23. The maximum Gasteiger partial charge on any atom is 0.237 e. The van der Waals surface area contributed by atoms with Gasteiger partial charge >= 0.3 is 0 Å². The molecule has 1 aliphatic rings. The van der Waals surface area contributed by atoms with Gasteiger partial charge in [-0.1, -0.05) is 0 Å². The van der Waals surface area contributed by atoms with Crippen LogP contribution in [0.4, 0.5) is 0 Å². The molecule has 0 aromatic rings. The Morgan fingerprint density at radius 2 is 2.19 bits per heavy atom. The summed E-state index contributed by atoms with van der Waals surface area (Å²) >= 11 is 0. The zero-order chi connectivity index (χ0) is 12.2. The Kier molecular flexibility index (Phi) is 4.73. The van der Waals surface area contributed by atoms with Crippen molar-refractivity contribution in [1.82, 2.24) is 4.90 Å². The highest BCUT2D eigenvalue weighted by molar-refractivity contribution is 7.91. The van der Waals surface area contributed by atoms with Gasteiger partial charge in [0.25, 0.3) is 0 Å². The normalized spacial score (nSPS) is 21.0. The van der Waals surface area contributed by atoms with E-state index in [-0.39, 0.29) is 12.0 Å². The molecule has 0 radical (unpaired) electrons. The average molecular weight is 249 g/mol. The molecule has 5 nitrogen and oxygen atoms in total. The van der Waals surface area contributed by atoms with Gasteiger partial charge in [-0.3, -0.25) is 4.79 Å². The standard InChI is InChI=1S/C10H19NO4S/c1-3-11(7-9-5-4-6-15-9)10(12)8-16(2,13)14/h9H,3-8H2,1-2H3/t9-/m0/s1. The van der Waals surface area contributed by atoms with E-state index in [0.29, 0.717) is 13.1 Å². The molecule has 0 bridgehead atoms. The number of rotatable bonds is 5. The van der Waals surface area contributed by atoms with E-state index >= 15 is 0 Å². The van der Waals surface area contributed by atoms with E-state index in [1.54, 1.807) is 4.90 Å². The lowest BCUT2D eigenvalue weighted by Gasteiger charge is -2.23. The summed E-state index contributed by atoms with van der Waals surface area (Å²) in [5.74, 6) is -0.742. The highest BCUT2D eigenvalue weighted by atomic mass is 32.2. The fraction of sp³-hybridized carbons (Fsp3) is 0.900. The quantitative estimate of drug-likeness (QED) is 0.691. The maximum absolute atomic E-state index is 11.7. The molecule has 1 heterocycles. The van der Waals surface area contributed by atoms with Gasteiger partial charge in [0.15, 0.2) is 9.84 Å². The molecule has 0 aromatic carbocycles. The van der Waals surface area contributed by atoms with Crippen LogP contribution in [0.2, 0.25) is 0 Å². The van der Waals surface area contributed by atoms with Crippen LogP contribution >= 0.6 is 0 Å². The fourth-order valence-corrected chi connectivity index (χ4v) is 2.39. The Balaban J connectivity index is 2.49. The van der Waals surface area contributed by atoms with Gasteiger partial charge < -0.3 is 9.64 Å².